The minimum Gasteiger partial charge on any atom is -0.491 e. The lowest BCUT2D eigenvalue weighted by atomic mass is 10.1. The first kappa shape index (κ1) is 20.4. The van der Waals surface area contributed by atoms with E-state index in [-0.39, 0.29) is 5.57 Å². The van der Waals surface area contributed by atoms with Crippen LogP contribution in [0.25, 0.3) is 17.0 Å². The molecule has 1 aliphatic heterocycles. The minimum absolute atomic E-state index is 0.0998. The molecule has 0 atom stereocenters. The zero-order valence-corrected chi connectivity index (χ0v) is 17.6. The summed E-state index contributed by atoms with van der Waals surface area (Å²) in [5.74, 6) is -0.553. The predicted molar refractivity (Wildman–Crippen MR) is 118 cm³/mol. The van der Waals surface area contributed by atoms with Gasteiger partial charge in [-0.2, -0.15) is 0 Å². The number of barbiturate groups is 1. The maximum Gasteiger partial charge on any atom is 0.328 e. The van der Waals surface area contributed by atoms with Crippen LogP contribution in [0.15, 0.2) is 48.0 Å². The van der Waals surface area contributed by atoms with Crippen LogP contribution in [0.3, 0.4) is 0 Å². The molecular formula is C24H23N3O4. The van der Waals surface area contributed by atoms with Crippen LogP contribution in [0, 0.1) is 20.8 Å². The average molecular weight is 417 g/mol. The Morgan fingerprint density at radius 2 is 1.68 bits per heavy atom. The SMILES string of the molecule is Cc1ccc(C)c(OCCn2c(C)c(C=C3C(=O)NC(=O)NC3=O)c3ccccc32)c1. The molecule has 0 spiro atoms. The van der Waals surface area contributed by atoms with Crippen LogP contribution in [-0.4, -0.2) is 29.0 Å². The van der Waals surface area contributed by atoms with Gasteiger partial charge in [0.05, 0.1) is 6.54 Å². The molecular weight excluding hydrogens is 394 g/mol. The second kappa shape index (κ2) is 8.10. The van der Waals surface area contributed by atoms with Gasteiger partial charge < -0.3 is 9.30 Å². The third-order valence-corrected chi connectivity index (χ3v) is 5.43. The molecule has 1 fully saturated rings. The van der Waals surface area contributed by atoms with E-state index in [1.54, 1.807) is 0 Å². The van der Waals surface area contributed by atoms with Gasteiger partial charge in [0, 0.05) is 22.2 Å². The summed E-state index contributed by atoms with van der Waals surface area (Å²) in [5.41, 5.74) is 4.75. The Bertz CT molecular complexity index is 1230. The molecule has 158 valence electrons. The lowest BCUT2D eigenvalue weighted by Gasteiger charge is -2.14. The Morgan fingerprint density at radius 1 is 0.968 bits per heavy atom. The number of urea groups is 1. The third-order valence-electron chi connectivity index (χ3n) is 5.43. The first-order valence-electron chi connectivity index (χ1n) is 10.0. The molecule has 3 aromatic rings. The second-order valence-electron chi connectivity index (χ2n) is 7.58. The summed E-state index contributed by atoms with van der Waals surface area (Å²) in [5, 5.41) is 5.14. The maximum absolute atomic E-state index is 12.2. The number of hydrogen-bond acceptors (Lipinski definition) is 4. The van der Waals surface area contributed by atoms with Gasteiger partial charge in [-0.3, -0.25) is 20.2 Å². The fourth-order valence-corrected chi connectivity index (χ4v) is 3.79. The summed E-state index contributed by atoms with van der Waals surface area (Å²) in [7, 11) is 0. The third kappa shape index (κ3) is 3.94. The van der Waals surface area contributed by atoms with Gasteiger partial charge in [0.1, 0.15) is 17.9 Å². The molecule has 2 heterocycles. The van der Waals surface area contributed by atoms with Gasteiger partial charge in [-0.15, -0.1) is 0 Å². The first-order valence-corrected chi connectivity index (χ1v) is 10.0. The van der Waals surface area contributed by atoms with Gasteiger partial charge in [-0.1, -0.05) is 30.3 Å². The number of ether oxygens (including phenoxy) is 1. The molecule has 31 heavy (non-hydrogen) atoms. The minimum atomic E-state index is -0.810. The van der Waals surface area contributed by atoms with Crippen LogP contribution < -0.4 is 15.4 Å². The van der Waals surface area contributed by atoms with E-state index in [1.807, 2.05) is 57.2 Å². The van der Waals surface area contributed by atoms with E-state index in [4.69, 9.17) is 4.74 Å². The second-order valence-corrected chi connectivity index (χ2v) is 7.58. The molecule has 4 amide bonds. The highest BCUT2D eigenvalue weighted by molar-refractivity contribution is 6.31. The number of aryl methyl sites for hydroxylation is 2. The van der Waals surface area contributed by atoms with Crippen LogP contribution >= 0.6 is 0 Å². The lowest BCUT2D eigenvalue weighted by Crippen LogP contribution is -2.51. The smallest absolute Gasteiger partial charge is 0.328 e. The van der Waals surface area contributed by atoms with Crippen molar-refractivity contribution in [3.05, 3.63) is 70.4 Å². The molecule has 7 nitrogen and oxygen atoms in total. The number of imide groups is 2. The number of para-hydroxylation sites is 1. The van der Waals surface area contributed by atoms with E-state index >= 15 is 0 Å². The number of nitrogens with zero attached hydrogens (tertiary/aromatic N) is 1. The molecule has 0 saturated carbocycles. The zero-order valence-electron chi connectivity index (χ0n) is 17.6. The molecule has 1 aliphatic rings. The predicted octanol–water partition coefficient (Wildman–Crippen LogP) is 3.39. The van der Waals surface area contributed by atoms with Gasteiger partial charge in [-0.05, 0) is 50.1 Å². The Kier molecular flexibility index (Phi) is 5.33. The fourth-order valence-electron chi connectivity index (χ4n) is 3.79. The maximum atomic E-state index is 12.2. The number of amides is 4. The fraction of sp³-hybridized carbons (Fsp3) is 0.208. The summed E-state index contributed by atoms with van der Waals surface area (Å²) < 4.78 is 8.14. The number of carbonyl (C=O) groups is 3. The van der Waals surface area contributed by atoms with Crippen molar-refractivity contribution in [2.24, 2.45) is 0 Å². The van der Waals surface area contributed by atoms with Gasteiger partial charge >= 0.3 is 6.03 Å². The zero-order chi connectivity index (χ0) is 22.1. The molecule has 1 saturated heterocycles. The highest BCUT2D eigenvalue weighted by Crippen LogP contribution is 2.28. The Hall–Kier alpha value is -3.87. The normalized spacial score (nSPS) is 13.9. The number of fused-ring (bicyclic) bond motifs is 1. The number of aromatic nitrogens is 1. The Labute approximate surface area is 179 Å². The lowest BCUT2D eigenvalue weighted by molar-refractivity contribution is -0.123. The molecule has 2 aromatic carbocycles. The standard InChI is InChI=1S/C24H23N3O4/c1-14-8-9-15(2)21(12-14)31-11-10-27-16(3)18(17-6-4-5-7-20(17)27)13-19-22(28)25-24(30)26-23(19)29/h4-9,12-13H,10-11H2,1-3H3,(H2,25,26,28,29,30). The molecule has 4 rings (SSSR count). The quantitative estimate of drug-likeness (QED) is 0.492. The van der Waals surface area contributed by atoms with Crippen molar-refractivity contribution in [1.29, 1.82) is 0 Å². The van der Waals surface area contributed by atoms with Gasteiger partial charge in [0.25, 0.3) is 11.8 Å². The Balaban J connectivity index is 1.66. The van der Waals surface area contributed by atoms with Crippen molar-refractivity contribution >= 4 is 34.8 Å². The first-order chi connectivity index (χ1) is 14.8. The molecule has 1 aromatic heterocycles. The summed E-state index contributed by atoms with van der Waals surface area (Å²) in [4.78, 5) is 35.7. The summed E-state index contributed by atoms with van der Waals surface area (Å²) in [6, 6.07) is 13.1. The van der Waals surface area contributed by atoms with Crippen LogP contribution in [0.2, 0.25) is 0 Å². The van der Waals surface area contributed by atoms with E-state index in [0.717, 1.165) is 39.0 Å². The van der Waals surface area contributed by atoms with Gasteiger partial charge in [0.15, 0.2) is 0 Å². The van der Waals surface area contributed by atoms with Gasteiger partial charge in [0.2, 0.25) is 0 Å². The van der Waals surface area contributed by atoms with Crippen molar-refractivity contribution < 1.29 is 19.1 Å². The summed E-state index contributed by atoms with van der Waals surface area (Å²) >= 11 is 0. The average Bonchev–Trinajstić information content (AvgIpc) is 2.98. The van der Waals surface area contributed by atoms with Crippen molar-refractivity contribution in [3.8, 4) is 5.75 Å². The molecule has 0 radical (unpaired) electrons. The van der Waals surface area contributed by atoms with Crippen molar-refractivity contribution in [1.82, 2.24) is 15.2 Å². The highest BCUT2D eigenvalue weighted by Gasteiger charge is 2.28. The van der Waals surface area contributed by atoms with E-state index in [0.29, 0.717) is 13.2 Å². The van der Waals surface area contributed by atoms with E-state index in [9.17, 15) is 14.4 Å². The molecule has 0 bridgehead atoms. The molecule has 0 unspecified atom stereocenters. The van der Waals surface area contributed by atoms with Crippen molar-refractivity contribution in [2.75, 3.05) is 6.61 Å². The van der Waals surface area contributed by atoms with Gasteiger partial charge in [-0.25, -0.2) is 4.79 Å². The van der Waals surface area contributed by atoms with Crippen molar-refractivity contribution in [2.45, 2.75) is 27.3 Å². The molecule has 0 aliphatic carbocycles. The molecule has 2 N–H and O–H groups in total. The molecule has 7 heteroatoms. The number of hydrogen-bond donors (Lipinski definition) is 2. The number of carbonyl (C=O) groups excluding carboxylic acids is 3. The van der Waals surface area contributed by atoms with E-state index in [1.165, 1.54) is 6.08 Å². The van der Waals surface area contributed by atoms with Crippen LogP contribution in [0.4, 0.5) is 4.79 Å². The Morgan fingerprint density at radius 3 is 2.42 bits per heavy atom. The topological polar surface area (TPSA) is 89.4 Å². The number of benzene rings is 2. The monoisotopic (exact) mass is 417 g/mol. The number of rotatable bonds is 5. The summed E-state index contributed by atoms with van der Waals surface area (Å²) in [6.45, 7) is 7.05. The van der Waals surface area contributed by atoms with E-state index < -0.39 is 17.8 Å². The number of nitrogens with one attached hydrogen (secondary N) is 2. The highest BCUT2D eigenvalue weighted by atomic mass is 16.5. The van der Waals surface area contributed by atoms with Crippen molar-refractivity contribution in [3.63, 3.8) is 0 Å². The van der Waals surface area contributed by atoms with E-state index in [2.05, 4.69) is 21.3 Å². The van der Waals surface area contributed by atoms with Crippen LogP contribution in [-0.2, 0) is 16.1 Å². The largest absolute Gasteiger partial charge is 0.491 e. The van der Waals surface area contributed by atoms with Crippen LogP contribution in [0.1, 0.15) is 22.4 Å². The summed E-state index contributed by atoms with van der Waals surface area (Å²) in [6.07, 6.45) is 1.54. The van der Waals surface area contributed by atoms with Crippen LogP contribution in [0.5, 0.6) is 5.75 Å².